The Morgan fingerprint density at radius 3 is 2.64 bits per heavy atom. The standard InChI is InChI=1S/C8H14O3/c1-4-5-6-7(2)8(9)11-10-3/h2,4-6H2,1,3H3. The van der Waals surface area contributed by atoms with Crippen LogP contribution in [0, 0.1) is 0 Å². The summed E-state index contributed by atoms with van der Waals surface area (Å²) >= 11 is 0. The summed E-state index contributed by atoms with van der Waals surface area (Å²) in [6, 6.07) is 0. The molecule has 0 aromatic rings. The van der Waals surface area contributed by atoms with Crippen molar-refractivity contribution in [3.63, 3.8) is 0 Å². The van der Waals surface area contributed by atoms with Crippen molar-refractivity contribution in [3.05, 3.63) is 12.2 Å². The van der Waals surface area contributed by atoms with Crippen molar-refractivity contribution in [1.29, 1.82) is 0 Å². The molecule has 0 heterocycles. The van der Waals surface area contributed by atoms with Crippen LogP contribution >= 0.6 is 0 Å². The smallest absolute Gasteiger partial charge is 0.294 e. The molecule has 0 fully saturated rings. The molecule has 0 aromatic carbocycles. The Bertz CT molecular complexity index is 140. The molecule has 0 bridgehead atoms. The first-order valence-electron chi connectivity index (χ1n) is 3.65. The predicted molar refractivity (Wildman–Crippen MR) is 41.8 cm³/mol. The summed E-state index contributed by atoms with van der Waals surface area (Å²) in [4.78, 5) is 19.3. The second kappa shape index (κ2) is 5.92. The Hall–Kier alpha value is -0.830. The first-order chi connectivity index (χ1) is 5.22. The van der Waals surface area contributed by atoms with Crippen molar-refractivity contribution >= 4 is 5.97 Å². The number of hydrogen-bond donors (Lipinski definition) is 0. The summed E-state index contributed by atoms with van der Waals surface area (Å²) in [7, 11) is 1.30. The zero-order valence-corrected chi connectivity index (χ0v) is 7.05. The molecule has 0 radical (unpaired) electrons. The average Bonchev–Trinajstić information content (AvgIpc) is 2.00. The zero-order valence-electron chi connectivity index (χ0n) is 7.05. The van der Waals surface area contributed by atoms with Gasteiger partial charge in [0.1, 0.15) is 0 Å². The van der Waals surface area contributed by atoms with Gasteiger partial charge in [-0.1, -0.05) is 19.9 Å². The highest BCUT2D eigenvalue weighted by atomic mass is 17.2. The predicted octanol–water partition coefficient (Wildman–Crippen LogP) is 1.84. The van der Waals surface area contributed by atoms with E-state index in [-0.39, 0.29) is 0 Å². The van der Waals surface area contributed by atoms with Gasteiger partial charge >= 0.3 is 5.97 Å². The second-order valence-corrected chi connectivity index (χ2v) is 2.24. The Labute approximate surface area is 66.9 Å². The molecule has 0 spiro atoms. The minimum absolute atomic E-state index is 0.466. The third-order valence-corrected chi connectivity index (χ3v) is 1.28. The molecule has 0 unspecified atom stereocenters. The number of hydrogen-bond acceptors (Lipinski definition) is 3. The number of carbonyl (C=O) groups is 1. The minimum atomic E-state index is -0.471. The fraction of sp³-hybridized carbons (Fsp3) is 0.625. The maximum atomic E-state index is 10.8. The van der Waals surface area contributed by atoms with Crippen molar-refractivity contribution in [1.82, 2.24) is 0 Å². The summed E-state index contributed by atoms with van der Waals surface area (Å²) in [5.41, 5.74) is 0.466. The average molecular weight is 158 g/mol. The van der Waals surface area contributed by atoms with Gasteiger partial charge in [-0.15, -0.1) is 0 Å². The maximum absolute atomic E-state index is 10.8. The van der Waals surface area contributed by atoms with Crippen LogP contribution in [0.15, 0.2) is 12.2 Å². The van der Waals surface area contributed by atoms with E-state index < -0.39 is 5.97 Å². The molecule has 0 saturated carbocycles. The SMILES string of the molecule is C=C(CCCC)C(=O)OOC. The van der Waals surface area contributed by atoms with E-state index in [1.807, 2.05) is 0 Å². The lowest BCUT2D eigenvalue weighted by atomic mass is 10.1. The molecule has 0 atom stereocenters. The number of carbonyl (C=O) groups excluding carboxylic acids is 1. The Morgan fingerprint density at radius 1 is 1.55 bits per heavy atom. The van der Waals surface area contributed by atoms with E-state index >= 15 is 0 Å². The molecule has 0 aromatic heterocycles. The van der Waals surface area contributed by atoms with E-state index in [0.717, 1.165) is 12.8 Å². The van der Waals surface area contributed by atoms with Gasteiger partial charge in [-0.3, -0.25) is 4.89 Å². The Morgan fingerprint density at radius 2 is 2.18 bits per heavy atom. The van der Waals surface area contributed by atoms with Gasteiger partial charge in [0.2, 0.25) is 0 Å². The molecule has 0 saturated heterocycles. The van der Waals surface area contributed by atoms with E-state index in [0.29, 0.717) is 12.0 Å². The first kappa shape index (κ1) is 10.2. The van der Waals surface area contributed by atoms with Gasteiger partial charge in [0.25, 0.3) is 0 Å². The first-order valence-corrected chi connectivity index (χ1v) is 3.65. The molecule has 0 rings (SSSR count). The molecule has 0 amide bonds. The van der Waals surface area contributed by atoms with Crippen molar-refractivity contribution in [3.8, 4) is 0 Å². The van der Waals surface area contributed by atoms with Crippen LogP contribution in [0.5, 0.6) is 0 Å². The van der Waals surface area contributed by atoms with Crippen LogP contribution in [0.1, 0.15) is 26.2 Å². The van der Waals surface area contributed by atoms with Gasteiger partial charge in [0.05, 0.1) is 7.11 Å². The summed E-state index contributed by atoms with van der Waals surface area (Å²) < 4.78 is 0. The topological polar surface area (TPSA) is 35.5 Å². The summed E-state index contributed by atoms with van der Waals surface area (Å²) in [5.74, 6) is -0.471. The van der Waals surface area contributed by atoms with E-state index in [1.54, 1.807) is 0 Å². The molecule has 64 valence electrons. The molecule has 11 heavy (non-hydrogen) atoms. The monoisotopic (exact) mass is 158 g/mol. The van der Waals surface area contributed by atoms with Crippen LogP contribution < -0.4 is 0 Å². The van der Waals surface area contributed by atoms with Gasteiger partial charge in [-0.2, -0.15) is 4.89 Å². The van der Waals surface area contributed by atoms with Crippen molar-refractivity contribution in [2.45, 2.75) is 26.2 Å². The third kappa shape index (κ3) is 4.56. The van der Waals surface area contributed by atoms with Crippen LogP contribution in [-0.4, -0.2) is 13.1 Å². The van der Waals surface area contributed by atoms with Crippen molar-refractivity contribution < 1.29 is 14.6 Å². The molecule has 0 N–H and O–H groups in total. The van der Waals surface area contributed by atoms with Crippen LogP contribution in [-0.2, 0) is 14.6 Å². The third-order valence-electron chi connectivity index (χ3n) is 1.28. The molecule has 0 aliphatic rings. The van der Waals surface area contributed by atoms with Crippen LogP contribution in [0.25, 0.3) is 0 Å². The molecule has 3 heteroatoms. The van der Waals surface area contributed by atoms with Crippen LogP contribution in [0.4, 0.5) is 0 Å². The quantitative estimate of drug-likeness (QED) is 0.348. The van der Waals surface area contributed by atoms with E-state index in [1.165, 1.54) is 7.11 Å². The fourth-order valence-electron chi connectivity index (χ4n) is 0.627. The highest BCUT2D eigenvalue weighted by Gasteiger charge is 2.07. The molecule has 0 aliphatic heterocycles. The zero-order chi connectivity index (χ0) is 8.69. The van der Waals surface area contributed by atoms with E-state index in [9.17, 15) is 4.79 Å². The van der Waals surface area contributed by atoms with Crippen LogP contribution in [0.3, 0.4) is 0 Å². The van der Waals surface area contributed by atoms with Crippen molar-refractivity contribution in [2.75, 3.05) is 7.11 Å². The summed E-state index contributed by atoms with van der Waals surface area (Å²) in [6.45, 7) is 5.61. The molecule has 0 aliphatic carbocycles. The van der Waals surface area contributed by atoms with Gasteiger partial charge < -0.3 is 0 Å². The maximum Gasteiger partial charge on any atom is 0.368 e. The largest absolute Gasteiger partial charge is 0.368 e. The molecular formula is C8H14O3. The highest BCUT2D eigenvalue weighted by molar-refractivity contribution is 5.87. The highest BCUT2D eigenvalue weighted by Crippen LogP contribution is 2.06. The number of unbranched alkanes of at least 4 members (excludes halogenated alkanes) is 1. The summed E-state index contributed by atoms with van der Waals surface area (Å²) in [6.07, 6.45) is 2.68. The van der Waals surface area contributed by atoms with Crippen LogP contribution in [0.2, 0.25) is 0 Å². The van der Waals surface area contributed by atoms with Gasteiger partial charge in [-0.25, -0.2) is 4.79 Å². The van der Waals surface area contributed by atoms with Gasteiger partial charge in [-0.05, 0) is 12.8 Å². The lowest BCUT2D eigenvalue weighted by molar-refractivity contribution is -0.250. The lowest BCUT2D eigenvalue weighted by Crippen LogP contribution is -2.05. The van der Waals surface area contributed by atoms with E-state index in [4.69, 9.17) is 0 Å². The normalized spacial score (nSPS) is 9.27. The Balaban J connectivity index is 3.56. The molecular weight excluding hydrogens is 144 g/mol. The minimum Gasteiger partial charge on any atom is -0.294 e. The van der Waals surface area contributed by atoms with Crippen molar-refractivity contribution in [2.24, 2.45) is 0 Å². The summed E-state index contributed by atoms with van der Waals surface area (Å²) in [5, 5.41) is 0. The lowest BCUT2D eigenvalue weighted by Gasteiger charge is -2.01. The second-order valence-electron chi connectivity index (χ2n) is 2.24. The Kier molecular flexibility index (Phi) is 5.47. The fourth-order valence-corrected chi connectivity index (χ4v) is 0.627. The molecule has 3 nitrogen and oxygen atoms in total. The van der Waals surface area contributed by atoms with E-state index in [2.05, 4.69) is 23.3 Å². The van der Waals surface area contributed by atoms with Gasteiger partial charge in [0, 0.05) is 5.57 Å². The number of rotatable bonds is 5. The van der Waals surface area contributed by atoms with Gasteiger partial charge in [0.15, 0.2) is 0 Å².